The van der Waals surface area contributed by atoms with Crippen molar-refractivity contribution in [3.8, 4) is 0 Å². The molecule has 7 heteroatoms. The minimum absolute atomic E-state index is 0.0631. The Hall–Kier alpha value is -1.30. The molecule has 0 spiro atoms. The molecule has 1 N–H and O–H groups in total. The van der Waals surface area contributed by atoms with Gasteiger partial charge in [-0.2, -0.15) is 0 Å². The molecule has 1 aromatic carbocycles. The molecule has 22 heavy (non-hydrogen) atoms. The Morgan fingerprint density at radius 1 is 1.32 bits per heavy atom. The molecule has 1 unspecified atom stereocenters. The first kappa shape index (κ1) is 18.7. The molecule has 0 saturated carbocycles. The van der Waals surface area contributed by atoms with Crippen LogP contribution in [0.3, 0.4) is 0 Å². The predicted octanol–water partition coefficient (Wildman–Crippen LogP) is 2.77. The van der Waals surface area contributed by atoms with Crippen LogP contribution in [0.15, 0.2) is 18.2 Å². The van der Waals surface area contributed by atoms with Gasteiger partial charge in [-0.3, -0.25) is 9.59 Å². The molecule has 1 rings (SSSR count). The van der Waals surface area contributed by atoms with Gasteiger partial charge in [0.2, 0.25) is 0 Å². The fourth-order valence-corrected chi connectivity index (χ4v) is 2.16. The molecular weight excluding hydrogens is 329 g/mol. The summed E-state index contributed by atoms with van der Waals surface area (Å²) in [6, 6.07) is 4.55. The summed E-state index contributed by atoms with van der Waals surface area (Å²) in [5.74, 6) is -0.719. The molecule has 0 aromatic heterocycles. The van der Waals surface area contributed by atoms with Crippen molar-refractivity contribution in [3.63, 3.8) is 0 Å². The van der Waals surface area contributed by atoms with Gasteiger partial charge in [0.25, 0.3) is 5.91 Å². The van der Waals surface area contributed by atoms with Gasteiger partial charge in [-0.05, 0) is 32.0 Å². The van der Waals surface area contributed by atoms with E-state index in [9.17, 15) is 14.7 Å². The van der Waals surface area contributed by atoms with Crippen molar-refractivity contribution in [2.75, 3.05) is 19.7 Å². The van der Waals surface area contributed by atoms with Crippen molar-refractivity contribution in [2.24, 2.45) is 0 Å². The minimum atomic E-state index is -0.714. The van der Waals surface area contributed by atoms with Crippen molar-refractivity contribution >= 4 is 35.1 Å². The molecule has 0 aliphatic heterocycles. The zero-order valence-electron chi connectivity index (χ0n) is 12.5. The summed E-state index contributed by atoms with van der Waals surface area (Å²) >= 11 is 11.7. The number of carbonyl (C=O) groups excluding carboxylic acids is 2. The molecule has 0 aliphatic carbocycles. The molecule has 0 heterocycles. The van der Waals surface area contributed by atoms with Gasteiger partial charge < -0.3 is 14.7 Å². The maximum absolute atomic E-state index is 12.5. The maximum Gasteiger partial charge on any atom is 0.307 e. The van der Waals surface area contributed by atoms with Crippen molar-refractivity contribution in [2.45, 2.75) is 26.4 Å². The molecule has 0 aliphatic rings. The van der Waals surface area contributed by atoms with Crippen molar-refractivity contribution in [1.82, 2.24) is 4.90 Å². The maximum atomic E-state index is 12.5. The number of nitrogens with zero attached hydrogens (tertiary/aromatic N) is 1. The van der Waals surface area contributed by atoms with E-state index in [0.29, 0.717) is 10.6 Å². The van der Waals surface area contributed by atoms with Crippen molar-refractivity contribution in [1.29, 1.82) is 0 Å². The molecule has 0 radical (unpaired) electrons. The van der Waals surface area contributed by atoms with Crippen LogP contribution in [0, 0.1) is 0 Å². The van der Waals surface area contributed by atoms with Crippen LogP contribution in [0.1, 0.15) is 30.6 Å². The van der Waals surface area contributed by atoms with Gasteiger partial charge in [0.05, 0.1) is 29.2 Å². The molecule has 0 bridgehead atoms. The molecule has 0 saturated heterocycles. The number of esters is 1. The third kappa shape index (κ3) is 5.83. The molecule has 0 fully saturated rings. The predicted molar refractivity (Wildman–Crippen MR) is 85.3 cm³/mol. The van der Waals surface area contributed by atoms with Gasteiger partial charge in [-0.15, -0.1) is 0 Å². The van der Waals surface area contributed by atoms with E-state index in [4.69, 9.17) is 27.9 Å². The molecular formula is C15H19Cl2NO4. The highest BCUT2D eigenvalue weighted by Gasteiger charge is 2.19. The first-order valence-electron chi connectivity index (χ1n) is 6.93. The first-order valence-corrected chi connectivity index (χ1v) is 7.68. The monoisotopic (exact) mass is 347 g/mol. The Morgan fingerprint density at radius 3 is 2.55 bits per heavy atom. The zero-order chi connectivity index (χ0) is 16.7. The lowest BCUT2D eigenvalue weighted by molar-refractivity contribution is -0.143. The second-order valence-corrected chi connectivity index (χ2v) is 5.60. The number of aliphatic hydroxyl groups is 1. The molecule has 1 atom stereocenters. The molecule has 5 nitrogen and oxygen atoms in total. The van der Waals surface area contributed by atoms with Gasteiger partial charge in [0.15, 0.2) is 0 Å². The summed E-state index contributed by atoms with van der Waals surface area (Å²) < 4.78 is 4.84. The number of ether oxygens (including phenoxy) is 1. The minimum Gasteiger partial charge on any atom is -0.466 e. The van der Waals surface area contributed by atoms with E-state index in [1.165, 1.54) is 17.0 Å². The normalized spacial score (nSPS) is 11.9. The topological polar surface area (TPSA) is 66.8 Å². The van der Waals surface area contributed by atoms with Crippen LogP contribution in [-0.2, 0) is 9.53 Å². The number of hydrogen-bond acceptors (Lipinski definition) is 4. The lowest BCUT2D eigenvalue weighted by atomic mass is 10.2. The Balaban J connectivity index is 2.83. The standard InChI is InChI=1S/C15H19Cl2NO4/c1-3-22-14(20)6-7-18(9-10(2)19)15(21)11-4-5-12(16)13(17)8-11/h4-5,8,10,19H,3,6-7,9H2,1-2H3. The van der Waals surface area contributed by atoms with E-state index in [0.717, 1.165) is 0 Å². The lowest BCUT2D eigenvalue weighted by Gasteiger charge is -2.24. The molecule has 1 aromatic rings. The van der Waals surface area contributed by atoms with Crippen LogP contribution in [0.4, 0.5) is 0 Å². The van der Waals surface area contributed by atoms with Crippen LogP contribution in [0.2, 0.25) is 10.0 Å². The average Bonchev–Trinajstić information content (AvgIpc) is 2.45. The summed E-state index contributed by atoms with van der Waals surface area (Å²) in [4.78, 5) is 25.3. The quantitative estimate of drug-likeness (QED) is 0.770. The number of carbonyl (C=O) groups is 2. The van der Waals surface area contributed by atoms with Gasteiger partial charge >= 0.3 is 5.97 Å². The second-order valence-electron chi connectivity index (χ2n) is 4.78. The lowest BCUT2D eigenvalue weighted by Crippen LogP contribution is -2.38. The number of amides is 1. The SMILES string of the molecule is CCOC(=O)CCN(CC(C)O)C(=O)c1ccc(Cl)c(Cl)c1. The largest absolute Gasteiger partial charge is 0.466 e. The van der Waals surface area contributed by atoms with E-state index < -0.39 is 6.10 Å². The van der Waals surface area contributed by atoms with E-state index in [-0.39, 0.29) is 43.0 Å². The summed E-state index contributed by atoms with van der Waals surface area (Å²) in [6.07, 6.45) is -0.651. The van der Waals surface area contributed by atoms with Crippen LogP contribution < -0.4 is 0 Å². The number of halogens is 2. The molecule has 1 amide bonds. The van der Waals surface area contributed by atoms with E-state index in [1.807, 2.05) is 0 Å². The summed E-state index contributed by atoms with van der Waals surface area (Å²) in [7, 11) is 0. The number of aliphatic hydroxyl groups excluding tert-OH is 1. The first-order chi connectivity index (χ1) is 10.3. The third-order valence-electron chi connectivity index (χ3n) is 2.83. The van der Waals surface area contributed by atoms with Crippen LogP contribution >= 0.6 is 23.2 Å². The number of hydrogen-bond donors (Lipinski definition) is 1. The Kier molecular flexibility index (Phi) is 7.65. The summed E-state index contributed by atoms with van der Waals surface area (Å²) in [5.41, 5.74) is 0.346. The van der Waals surface area contributed by atoms with Crippen molar-refractivity contribution in [3.05, 3.63) is 33.8 Å². The average molecular weight is 348 g/mol. The fourth-order valence-electron chi connectivity index (χ4n) is 1.87. The highest BCUT2D eigenvalue weighted by molar-refractivity contribution is 6.42. The van der Waals surface area contributed by atoms with Gasteiger partial charge in [0.1, 0.15) is 0 Å². The van der Waals surface area contributed by atoms with Crippen LogP contribution in [-0.4, -0.2) is 47.7 Å². The van der Waals surface area contributed by atoms with E-state index >= 15 is 0 Å². The second kappa shape index (κ2) is 8.98. The smallest absolute Gasteiger partial charge is 0.307 e. The van der Waals surface area contributed by atoms with E-state index in [2.05, 4.69) is 0 Å². The van der Waals surface area contributed by atoms with Gasteiger partial charge in [-0.1, -0.05) is 23.2 Å². The Morgan fingerprint density at radius 2 is 2.00 bits per heavy atom. The summed E-state index contributed by atoms with van der Waals surface area (Å²) in [5, 5.41) is 10.2. The fraction of sp³-hybridized carbons (Fsp3) is 0.467. The number of rotatable bonds is 7. The summed E-state index contributed by atoms with van der Waals surface area (Å²) in [6.45, 7) is 3.84. The Bertz CT molecular complexity index is 534. The highest BCUT2D eigenvalue weighted by atomic mass is 35.5. The van der Waals surface area contributed by atoms with E-state index in [1.54, 1.807) is 19.9 Å². The van der Waals surface area contributed by atoms with Crippen molar-refractivity contribution < 1.29 is 19.4 Å². The van der Waals surface area contributed by atoms with Gasteiger partial charge in [0, 0.05) is 18.7 Å². The number of benzene rings is 1. The van der Waals surface area contributed by atoms with Crippen LogP contribution in [0.25, 0.3) is 0 Å². The highest BCUT2D eigenvalue weighted by Crippen LogP contribution is 2.23. The van der Waals surface area contributed by atoms with Gasteiger partial charge in [-0.25, -0.2) is 0 Å². The third-order valence-corrected chi connectivity index (χ3v) is 3.57. The van der Waals surface area contributed by atoms with Crippen LogP contribution in [0.5, 0.6) is 0 Å². The zero-order valence-corrected chi connectivity index (χ0v) is 14.0. The Labute approximate surface area is 139 Å². The molecule has 122 valence electrons.